The molecular weight excluding hydrogens is 398 g/mol. The van der Waals surface area contributed by atoms with E-state index in [1.54, 1.807) is 0 Å². The molecule has 1 aliphatic heterocycles. The van der Waals surface area contributed by atoms with E-state index in [1.807, 2.05) is 43.0 Å². The standard InChI is InChI=1S/C19H20BrN3O3/c1-12-15(13(2)26-21-12)11-22-6-8-23(9-7-22)19(24)17-10-14-4-3-5-16(20)18(14)25-17/h3-5,10H,6-9,11H2,1-2H3. The number of carbonyl (C=O) groups excluding carboxylic acids is 1. The molecule has 1 saturated heterocycles. The normalized spacial score (nSPS) is 15.7. The van der Waals surface area contributed by atoms with Gasteiger partial charge in [-0.1, -0.05) is 17.3 Å². The SMILES string of the molecule is Cc1noc(C)c1CN1CCN(C(=O)c2cc3cccc(Br)c3o2)CC1. The number of fused-ring (bicyclic) bond motifs is 1. The first-order chi connectivity index (χ1) is 12.5. The average Bonchev–Trinajstić information content (AvgIpc) is 3.21. The van der Waals surface area contributed by atoms with Crippen molar-refractivity contribution in [1.82, 2.24) is 15.0 Å². The fraction of sp³-hybridized carbons (Fsp3) is 0.368. The summed E-state index contributed by atoms with van der Waals surface area (Å²) in [6.45, 7) is 7.71. The van der Waals surface area contributed by atoms with Gasteiger partial charge in [0.05, 0.1) is 10.2 Å². The van der Waals surface area contributed by atoms with Crippen molar-refractivity contribution in [3.8, 4) is 0 Å². The molecule has 6 nitrogen and oxygen atoms in total. The largest absolute Gasteiger partial charge is 0.450 e. The number of carbonyl (C=O) groups is 1. The highest BCUT2D eigenvalue weighted by Gasteiger charge is 2.25. The number of piperazine rings is 1. The number of aryl methyl sites for hydroxylation is 2. The second-order valence-corrected chi connectivity index (χ2v) is 7.49. The van der Waals surface area contributed by atoms with Crippen LogP contribution in [0.4, 0.5) is 0 Å². The van der Waals surface area contributed by atoms with E-state index in [4.69, 9.17) is 8.94 Å². The third kappa shape index (κ3) is 3.17. The monoisotopic (exact) mass is 417 g/mol. The number of benzene rings is 1. The quantitative estimate of drug-likeness (QED) is 0.648. The Morgan fingerprint density at radius 3 is 2.65 bits per heavy atom. The van der Waals surface area contributed by atoms with Crippen molar-refractivity contribution in [2.75, 3.05) is 26.2 Å². The lowest BCUT2D eigenvalue weighted by Gasteiger charge is -2.34. The van der Waals surface area contributed by atoms with E-state index in [9.17, 15) is 4.79 Å². The highest BCUT2D eigenvalue weighted by molar-refractivity contribution is 9.10. The van der Waals surface area contributed by atoms with Crippen LogP contribution < -0.4 is 0 Å². The topological polar surface area (TPSA) is 62.7 Å². The van der Waals surface area contributed by atoms with Crippen molar-refractivity contribution >= 4 is 32.8 Å². The van der Waals surface area contributed by atoms with E-state index in [-0.39, 0.29) is 5.91 Å². The summed E-state index contributed by atoms with van der Waals surface area (Å²) in [5, 5.41) is 4.94. The van der Waals surface area contributed by atoms with Gasteiger partial charge in [-0.3, -0.25) is 9.69 Å². The highest BCUT2D eigenvalue weighted by atomic mass is 79.9. The van der Waals surface area contributed by atoms with Crippen LogP contribution in [0, 0.1) is 13.8 Å². The van der Waals surface area contributed by atoms with Gasteiger partial charge in [0.25, 0.3) is 5.91 Å². The molecule has 1 aromatic carbocycles. The van der Waals surface area contributed by atoms with Gasteiger partial charge in [-0.2, -0.15) is 0 Å². The lowest BCUT2D eigenvalue weighted by atomic mass is 10.1. The Morgan fingerprint density at radius 1 is 1.23 bits per heavy atom. The van der Waals surface area contributed by atoms with E-state index in [0.29, 0.717) is 24.4 Å². The van der Waals surface area contributed by atoms with Gasteiger partial charge in [-0.05, 0) is 41.9 Å². The molecule has 0 radical (unpaired) electrons. The molecule has 1 fully saturated rings. The molecule has 2 aromatic heterocycles. The van der Waals surface area contributed by atoms with Crippen molar-refractivity contribution in [2.45, 2.75) is 20.4 Å². The number of nitrogens with zero attached hydrogens (tertiary/aromatic N) is 3. The van der Waals surface area contributed by atoms with Gasteiger partial charge < -0.3 is 13.8 Å². The number of furan rings is 1. The molecule has 136 valence electrons. The van der Waals surface area contributed by atoms with Crippen LogP contribution in [0.5, 0.6) is 0 Å². The van der Waals surface area contributed by atoms with Crippen LogP contribution >= 0.6 is 15.9 Å². The minimum absolute atomic E-state index is 0.0508. The lowest BCUT2D eigenvalue weighted by Crippen LogP contribution is -2.48. The van der Waals surface area contributed by atoms with Crippen LogP contribution in [0.1, 0.15) is 27.6 Å². The number of hydrogen-bond acceptors (Lipinski definition) is 5. The predicted molar refractivity (Wildman–Crippen MR) is 101 cm³/mol. The minimum atomic E-state index is -0.0508. The Balaban J connectivity index is 1.42. The molecule has 0 spiro atoms. The minimum Gasteiger partial charge on any atom is -0.450 e. The van der Waals surface area contributed by atoms with Crippen LogP contribution in [-0.4, -0.2) is 47.0 Å². The molecule has 0 atom stereocenters. The van der Waals surface area contributed by atoms with Crippen molar-refractivity contribution in [3.63, 3.8) is 0 Å². The summed E-state index contributed by atoms with van der Waals surface area (Å²) in [6, 6.07) is 7.61. The molecule has 3 heterocycles. The molecule has 4 rings (SSSR count). The Hall–Kier alpha value is -2.12. The summed E-state index contributed by atoms with van der Waals surface area (Å²) in [4.78, 5) is 17.0. The van der Waals surface area contributed by atoms with Gasteiger partial charge in [0, 0.05) is 43.7 Å². The summed E-state index contributed by atoms with van der Waals surface area (Å²) in [7, 11) is 0. The molecule has 0 aliphatic carbocycles. The molecule has 0 N–H and O–H groups in total. The van der Waals surface area contributed by atoms with Gasteiger partial charge in [-0.15, -0.1) is 0 Å². The van der Waals surface area contributed by atoms with Crippen LogP contribution in [0.2, 0.25) is 0 Å². The van der Waals surface area contributed by atoms with Gasteiger partial charge in [0.1, 0.15) is 11.3 Å². The van der Waals surface area contributed by atoms with E-state index in [1.165, 1.54) is 0 Å². The highest BCUT2D eigenvalue weighted by Crippen LogP contribution is 2.27. The summed E-state index contributed by atoms with van der Waals surface area (Å²) in [5.74, 6) is 1.21. The van der Waals surface area contributed by atoms with Crippen LogP contribution in [0.25, 0.3) is 11.0 Å². The third-order valence-electron chi connectivity index (χ3n) is 4.93. The van der Waals surface area contributed by atoms with Crippen LogP contribution in [0.15, 0.2) is 37.7 Å². The molecule has 26 heavy (non-hydrogen) atoms. The molecule has 1 aliphatic rings. The number of rotatable bonds is 3. The fourth-order valence-electron chi connectivity index (χ4n) is 3.35. The van der Waals surface area contributed by atoms with Crippen LogP contribution in [-0.2, 0) is 6.54 Å². The van der Waals surface area contributed by atoms with E-state index >= 15 is 0 Å². The summed E-state index contributed by atoms with van der Waals surface area (Å²) in [6.07, 6.45) is 0. The maximum atomic E-state index is 12.8. The lowest BCUT2D eigenvalue weighted by molar-refractivity contribution is 0.0599. The van der Waals surface area contributed by atoms with Gasteiger partial charge >= 0.3 is 0 Å². The summed E-state index contributed by atoms with van der Waals surface area (Å²) >= 11 is 3.46. The molecule has 3 aromatic rings. The first-order valence-electron chi connectivity index (χ1n) is 8.64. The zero-order valence-corrected chi connectivity index (χ0v) is 16.4. The third-order valence-corrected chi connectivity index (χ3v) is 5.55. The molecule has 0 unspecified atom stereocenters. The van der Waals surface area contributed by atoms with Crippen molar-refractivity contribution in [2.24, 2.45) is 0 Å². The second kappa shape index (κ2) is 6.89. The second-order valence-electron chi connectivity index (χ2n) is 6.64. The maximum absolute atomic E-state index is 12.8. The first kappa shape index (κ1) is 17.3. The zero-order chi connectivity index (χ0) is 18.3. The molecule has 7 heteroatoms. The predicted octanol–water partition coefficient (Wildman–Crippen LogP) is 3.76. The van der Waals surface area contributed by atoms with Gasteiger partial charge in [0.15, 0.2) is 5.76 Å². The van der Waals surface area contributed by atoms with Crippen molar-refractivity contribution < 1.29 is 13.7 Å². The maximum Gasteiger partial charge on any atom is 0.289 e. The molecule has 0 bridgehead atoms. The van der Waals surface area contributed by atoms with Crippen molar-refractivity contribution in [1.29, 1.82) is 0 Å². The zero-order valence-electron chi connectivity index (χ0n) is 14.8. The summed E-state index contributed by atoms with van der Waals surface area (Å²) < 4.78 is 11.9. The van der Waals surface area contributed by atoms with E-state index in [0.717, 1.165) is 46.5 Å². The van der Waals surface area contributed by atoms with Gasteiger partial charge in [-0.25, -0.2) is 0 Å². The Morgan fingerprint density at radius 2 is 2.00 bits per heavy atom. The Bertz CT molecular complexity index is 935. The van der Waals surface area contributed by atoms with E-state index in [2.05, 4.69) is 26.0 Å². The first-order valence-corrected chi connectivity index (χ1v) is 9.43. The fourth-order valence-corrected chi connectivity index (χ4v) is 3.81. The number of hydrogen-bond donors (Lipinski definition) is 0. The summed E-state index contributed by atoms with van der Waals surface area (Å²) in [5.41, 5.74) is 2.80. The number of amides is 1. The van der Waals surface area contributed by atoms with Gasteiger partial charge in [0.2, 0.25) is 0 Å². The average molecular weight is 418 g/mol. The smallest absolute Gasteiger partial charge is 0.289 e. The van der Waals surface area contributed by atoms with Crippen molar-refractivity contribution in [3.05, 3.63) is 51.5 Å². The number of aromatic nitrogens is 1. The Labute approximate surface area is 159 Å². The van der Waals surface area contributed by atoms with E-state index < -0.39 is 0 Å². The number of halogens is 1. The molecule has 0 saturated carbocycles. The Kier molecular flexibility index (Phi) is 4.58. The molecular formula is C19H20BrN3O3. The molecule has 1 amide bonds. The van der Waals surface area contributed by atoms with Crippen LogP contribution in [0.3, 0.4) is 0 Å². The number of para-hydroxylation sites is 1.